The number of nitrogens with one attached hydrogen (secondary N) is 3. The number of hydrazine groups is 1. The molecule has 5 N–H and O–H groups in total. The summed E-state index contributed by atoms with van der Waals surface area (Å²) in [5, 5.41) is 3.07. The summed E-state index contributed by atoms with van der Waals surface area (Å²) >= 11 is 0. The maximum absolute atomic E-state index is 12.9. The Bertz CT molecular complexity index is 1070. The van der Waals surface area contributed by atoms with Gasteiger partial charge in [0.1, 0.15) is 17.5 Å². The van der Waals surface area contributed by atoms with Gasteiger partial charge in [0.15, 0.2) is 0 Å². The molecule has 1 aromatic carbocycles. The number of benzene rings is 1. The fourth-order valence-corrected chi connectivity index (χ4v) is 3.16. The van der Waals surface area contributed by atoms with Crippen molar-refractivity contribution in [3.63, 3.8) is 0 Å². The fraction of sp³-hybridized carbons (Fsp3) is 0.429. The predicted octanol–water partition coefficient (Wildman–Crippen LogP) is 1.62. The second-order valence-corrected chi connectivity index (χ2v) is 7.91. The molecule has 0 saturated carbocycles. The molecule has 0 aliphatic heterocycles. The number of carbonyl (C=O) groups excluding carboxylic acids is 4. The number of primary amides is 1. The SMILES string of the molecule is COc1cccc2[nH]c(C(=O)N[C@@H](CC(C)C)C(=O)NN(CCC(N)=O)C(=O)C(F)(F)F)cc12. The maximum atomic E-state index is 12.9. The van der Waals surface area contributed by atoms with Crippen LogP contribution in [0.1, 0.15) is 37.2 Å². The van der Waals surface area contributed by atoms with Gasteiger partial charge in [0.05, 0.1) is 13.7 Å². The van der Waals surface area contributed by atoms with Crippen LogP contribution in [-0.2, 0) is 14.4 Å². The number of nitrogens with zero attached hydrogens (tertiary/aromatic N) is 1. The van der Waals surface area contributed by atoms with Crippen LogP contribution in [-0.4, -0.2) is 59.5 Å². The normalized spacial score (nSPS) is 12.3. The zero-order valence-corrected chi connectivity index (χ0v) is 18.8. The average molecular weight is 485 g/mol. The van der Waals surface area contributed by atoms with Crippen molar-refractivity contribution < 1.29 is 37.1 Å². The summed E-state index contributed by atoms with van der Waals surface area (Å²) in [6.45, 7) is 2.70. The molecule has 2 aromatic rings. The largest absolute Gasteiger partial charge is 0.496 e. The molecule has 186 valence electrons. The number of hydrogen-bond acceptors (Lipinski definition) is 5. The minimum Gasteiger partial charge on any atom is -0.496 e. The van der Waals surface area contributed by atoms with Crippen LogP contribution < -0.4 is 21.2 Å². The van der Waals surface area contributed by atoms with Gasteiger partial charge in [-0.3, -0.25) is 24.6 Å². The van der Waals surface area contributed by atoms with Crippen molar-refractivity contribution in [1.29, 1.82) is 0 Å². The second-order valence-electron chi connectivity index (χ2n) is 7.91. The highest BCUT2D eigenvalue weighted by Gasteiger charge is 2.43. The molecule has 4 amide bonds. The van der Waals surface area contributed by atoms with Crippen molar-refractivity contribution in [2.75, 3.05) is 13.7 Å². The van der Waals surface area contributed by atoms with Crippen LogP contribution in [0, 0.1) is 5.92 Å². The molecule has 1 heterocycles. The first-order valence-electron chi connectivity index (χ1n) is 10.3. The standard InChI is InChI=1S/C21H26F3N5O5/c1-11(2)9-14(19(32)28-29(8-7-17(25)30)20(33)21(22,23)24)27-18(31)15-10-12-13(26-15)5-4-6-16(12)34-3/h4-6,10-11,14,26H,7-9H2,1-3H3,(H2,25,30)(H,27,31)(H,28,32)/t14-/m0/s1. The lowest BCUT2D eigenvalue weighted by Crippen LogP contribution is -2.57. The molecule has 0 spiro atoms. The minimum atomic E-state index is -5.30. The topological polar surface area (TPSA) is 147 Å². The molecule has 1 aromatic heterocycles. The quantitative estimate of drug-likeness (QED) is 0.399. The number of ether oxygens (including phenoxy) is 1. The van der Waals surface area contributed by atoms with Crippen LogP contribution in [0.4, 0.5) is 13.2 Å². The molecular weight excluding hydrogens is 459 g/mol. The molecule has 0 bridgehead atoms. The van der Waals surface area contributed by atoms with Gasteiger partial charge in [0.2, 0.25) is 5.91 Å². The Balaban J connectivity index is 2.24. The van der Waals surface area contributed by atoms with Crippen LogP contribution in [0.3, 0.4) is 0 Å². The fourth-order valence-electron chi connectivity index (χ4n) is 3.16. The van der Waals surface area contributed by atoms with Gasteiger partial charge in [-0.2, -0.15) is 13.2 Å². The highest BCUT2D eigenvalue weighted by molar-refractivity contribution is 6.01. The zero-order chi connectivity index (χ0) is 25.6. The van der Waals surface area contributed by atoms with Gasteiger partial charge in [0.25, 0.3) is 11.8 Å². The average Bonchev–Trinajstić information content (AvgIpc) is 3.19. The monoisotopic (exact) mass is 485 g/mol. The number of carbonyl (C=O) groups is 4. The van der Waals surface area contributed by atoms with Crippen molar-refractivity contribution in [1.82, 2.24) is 20.7 Å². The van der Waals surface area contributed by atoms with Crippen molar-refractivity contribution >= 4 is 34.5 Å². The maximum Gasteiger partial charge on any atom is 0.473 e. The number of fused-ring (bicyclic) bond motifs is 1. The Morgan fingerprint density at radius 2 is 1.88 bits per heavy atom. The van der Waals surface area contributed by atoms with Crippen molar-refractivity contribution in [2.45, 2.75) is 38.9 Å². The lowest BCUT2D eigenvalue weighted by Gasteiger charge is -2.27. The van der Waals surface area contributed by atoms with E-state index in [2.05, 4.69) is 10.3 Å². The lowest BCUT2D eigenvalue weighted by molar-refractivity contribution is -0.189. The number of hydrogen-bond donors (Lipinski definition) is 4. The summed E-state index contributed by atoms with van der Waals surface area (Å²) in [5.41, 5.74) is 7.50. The van der Waals surface area contributed by atoms with E-state index in [1.165, 1.54) is 13.2 Å². The predicted molar refractivity (Wildman–Crippen MR) is 115 cm³/mol. The molecule has 1 atom stereocenters. The van der Waals surface area contributed by atoms with Gasteiger partial charge in [-0.1, -0.05) is 19.9 Å². The van der Waals surface area contributed by atoms with Gasteiger partial charge in [-0.15, -0.1) is 0 Å². The Kier molecular flexibility index (Phi) is 8.49. The molecule has 0 aliphatic rings. The number of aromatic nitrogens is 1. The zero-order valence-electron chi connectivity index (χ0n) is 18.8. The molecule has 0 aliphatic carbocycles. The summed E-state index contributed by atoms with van der Waals surface area (Å²) < 4.78 is 44.1. The van der Waals surface area contributed by atoms with E-state index < -0.39 is 48.8 Å². The Labute approximate surface area is 192 Å². The van der Waals surface area contributed by atoms with E-state index >= 15 is 0 Å². The van der Waals surface area contributed by atoms with E-state index in [-0.39, 0.29) is 23.0 Å². The van der Waals surface area contributed by atoms with Gasteiger partial charge in [-0.25, -0.2) is 5.01 Å². The summed E-state index contributed by atoms with van der Waals surface area (Å²) in [6.07, 6.45) is -5.85. The van der Waals surface area contributed by atoms with Crippen molar-refractivity contribution in [3.8, 4) is 5.75 Å². The third-order valence-corrected chi connectivity index (χ3v) is 4.73. The number of alkyl halides is 3. The van der Waals surface area contributed by atoms with Crippen LogP contribution >= 0.6 is 0 Å². The summed E-state index contributed by atoms with van der Waals surface area (Å²) in [6, 6.07) is 5.36. The first kappa shape index (κ1) is 26.5. The van der Waals surface area contributed by atoms with E-state index in [0.717, 1.165) is 0 Å². The Morgan fingerprint density at radius 1 is 1.21 bits per heavy atom. The van der Waals surface area contributed by atoms with Gasteiger partial charge < -0.3 is 20.8 Å². The molecule has 0 saturated heterocycles. The molecule has 0 unspecified atom stereocenters. The number of rotatable bonds is 9. The number of methoxy groups -OCH3 is 1. The molecule has 0 radical (unpaired) electrons. The lowest BCUT2D eigenvalue weighted by atomic mass is 10.0. The van der Waals surface area contributed by atoms with Gasteiger partial charge >= 0.3 is 12.1 Å². The number of amides is 4. The molecule has 0 fully saturated rings. The molecule has 2 rings (SSSR count). The Morgan fingerprint density at radius 3 is 2.44 bits per heavy atom. The van der Waals surface area contributed by atoms with E-state index in [0.29, 0.717) is 16.7 Å². The number of nitrogens with two attached hydrogens (primary N) is 1. The first-order chi connectivity index (χ1) is 15.8. The van der Waals surface area contributed by atoms with Gasteiger partial charge in [0, 0.05) is 17.3 Å². The number of halogens is 3. The molecule has 34 heavy (non-hydrogen) atoms. The van der Waals surface area contributed by atoms with Crippen LogP contribution in [0.2, 0.25) is 0 Å². The first-order valence-corrected chi connectivity index (χ1v) is 10.3. The molecular formula is C21H26F3N5O5. The summed E-state index contributed by atoms with van der Waals surface area (Å²) in [4.78, 5) is 51.2. The van der Waals surface area contributed by atoms with Crippen LogP contribution in [0.25, 0.3) is 10.9 Å². The highest BCUT2D eigenvalue weighted by atomic mass is 19.4. The van der Waals surface area contributed by atoms with E-state index in [1.807, 2.05) is 5.43 Å². The minimum absolute atomic E-state index is 0.0274. The number of aromatic amines is 1. The molecule has 10 nitrogen and oxygen atoms in total. The van der Waals surface area contributed by atoms with Crippen LogP contribution in [0.15, 0.2) is 24.3 Å². The smallest absolute Gasteiger partial charge is 0.473 e. The van der Waals surface area contributed by atoms with Crippen molar-refractivity contribution in [3.05, 3.63) is 30.0 Å². The van der Waals surface area contributed by atoms with E-state index in [9.17, 15) is 32.3 Å². The third kappa shape index (κ3) is 6.86. The number of H-pyrrole nitrogens is 1. The van der Waals surface area contributed by atoms with E-state index in [1.54, 1.807) is 32.0 Å². The summed E-state index contributed by atoms with van der Waals surface area (Å²) in [7, 11) is 1.47. The van der Waals surface area contributed by atoms with Gasteiger partial charge in [-0.05, 0) is 30.5 Å². The van der Waals surface area contributed by atoms with E-state index in [4.69, 9.17) is 10.5 Å². The van der Waals surface area contributed by atoms with Crippen LogP contribution in [0.5, 0.6) is 5.75 Å². The Hall–Kier alpha value is -3.77. The third-order valence-electron chi connectivity index (χ3n) is 4.73. The second kappa shape index (κ2) is 10.9. The summed E-state index contributed by atoms with van der Waals surface area (Å²) in [5.74, 6) is -4.71. The highest BCUT2D eigenvalue weighted by Crippen LogP contribution is 2.26. The van der Waals surface area contributed by atoms with Crippen molar-refractivity contribution in [2.24, 2.45) is 11.7 Å². The molecule has 13 heteroatoms.